The highest BCUT2D eigenvalue weighted by Crippen LogP contribution is 2.23. The lowest BCUT2D eigenvalue weighted by atomic mass is 10.0. The van der Waals surface area contributed by atoms with Crippen LogP contribution in [0.5, 0.6) is 0 Å². The van der Waals surface area contributed by atoms with Crippen molar-refractivity contribution >= 4 is 33.2 Å². The van der Waals surface area contributed by atoms with Gasteiger partial charge in [0, 0.05) is 22.7 Å². The van der Waals surface area contributed by atoms with Crippen molar-refractivity contribution in [1.29, 1.82) is 0 Å². The lowest BCUT2D eigenvalue weighted by Crippen LogP contribution is -2.33. The monoisotopic (exact) mass is 461 g/mol. The number of amides is 1. The van der Waals surface area contributed by atoms with Crippen molar-refractivity contribution in [3.8, 4) is 0 Å². The topological polar surface area (TPSA) is 99.6 Å². The minimum Gasteiger partial charge on any atom is -0.286 e. The fraction of sp³-hybridized carbons (Fsp3) is 0.273. The molecule has 0 radical (unpaired) electrons. The molecule has 1 aromatic heterocycles. The predicted octanol–water partition coefficient (Wildman–Crippen LogP) is 4.20. The number of carbonyl (C=O) groups excluding carboxylic acids is 1. The Morgan fingerprint density at radius 1 is 1.32 bits per heavy atom. The van der Waals surface area contributed by atoms with E-state index in [0.29, 0.717) is 27.6 Å². The number of nitrogens with zero attached hydrogens (tertiary/aromatic N) is 2. The first-order chi connectivity index (χ1) is 14.8. The van der Waals surface area contributed by atoms with Gasteiger partial charge in [-0.15, -0.1) is 0 Å². The van der Waals surface area contributed by atoms with Crippen molar-refractivity contribution in [3.05, 3.63) is 82.7 Å². The van der Waals surface area contributed by atoms with Gasteiger partial charge in [-0.2, -0.15) is 0 Å². The average molecular weight is 462 g/mol. The van der Waals surface area contributed by atoms with Crippen LogP contribution in [0, 0.1) is 5.92 Å². The number of hydrogen-bond acceptors (Lipinski definition) is 5. The molecule has 1 aliphatic carbocycles. The van der Waals surface area contributed by atoms with Gasteiger partial charge in [0.05, 0.1) is 18.0 Å². The predicted molar refractivity (Wildman–Crippen MR) is 121 cm³/mol. The second-order valence-corrected chi connectivity index (χ2v) is 9.39. The van der Waals surface area contributed by atoms with Crippen LogP contribution in [0.2, 0.25) is 5.02 Å². The fourth-order valence-corrected chi connectivity index (χ4v) is 4.80. The lowest BCUT2D eigenvalue weighted by molar-refractivity contribution is -0.0643. The van der Waals surface area contributed by atoms with Crippen LogP contribution < -0.4 is 4.72 Å². The zero-order chi connectivity index (χ0) is 22.4. The lowest BCUT2D eigenvalue weighted by Gasteiger charge is -2.22. The third kappa shape index (κ3) is 6.16. The molecule has 1 aromatic carbocycles. The maximum Gasteiger partial charge on any atom is 0.296 e. The van der Waals surface area contributed by atoms with Crippen LogP contribution in [0.1, 0.15) is 35.0 Å². The Kier molecular flexibility index (Phi) is 7.48. The van der Waals surface area contributed by atoms with Gasteiger partial charge >= 0.3 is 0 Å². The summed E-state index contributed by atoms with van der Waals surface area (Å²) in [6.45, 7) is 1.91. The number of nitrogens with one attached hydrogen (secondary N) is 1. The Morgan fingerprint density at radius 3 is 2.81 bits per heavy atom. The summed E-state index contributed by atoms with van der Waals surface area (Å²) < 4.78 is 27.9. The average Bonchev–Trinajstić information content (AvgIpc) is 2.73. The van der Waals surface area contributed by atoms with Crippen molar-refractivity contribution < 1.29 is 18.4 Å². The summed E-state index contributed by atoms with van der Waals surface area (Å²) in [7, 11) is -3.76. The Bertz CT molecular complexity index is 1120. The van der Waals surface area contributed by atoms with E-state index in [1.807, 2.05) is 24.3 Å². The van der Waals surface area contributed by atoms with Crippen LogP contribution in [-0.2, 0) is 22.2 Å². The molecule has 9 heteroatoms. The van der Waals surface area contributed by atoms with Crippen LogP contribution in [-0.4, -0.2) is 36.1 Å². The van der Waals surface area contributed by atoms with Gasteiger partial charge in [0.25, 0.3) is 5.91 Å². The number of benzene rings is 1. The Hall–Kier alpha value is -2.68. The van der Waals surface area contributed by atoms with Gasteiger partial charge in [-0.3, -0.25) is 19.7 Å². The molecule has 31 heavy (non-hydrogen) atoms. The van der Waals surface area contributed by atoms with Crippen molar-refractivity contribution in [2.75, 3.05) is 11.3 Å². The first-order valence-electron chi connectivity index (χ1n) is 9.86. The van der Waals surface area contributed by atoms with E-state index in [-0.39, 0.29) is 29.6 Å². The normalized spacial score (nSPS) is 15.6. The van der Waals surface area contributed by atoms with E-state index in [0.717, 1.165) is 6.42 Å². The minimum absolute atomic E-state index is 0.00316. The third-order valence-corrected chi connectivity index (χ3v) is 6.31. The van der Waals surface area contributed by atoms with Gasteiger partial charge in [-0.1, -0.05) is 55.0 Å². The number of aromatic nitrogens is 1. The van der Waals surface area contributed by atoms with Gasteiger partial charge < -0.3 is 0 Å². The second kappa shape index (κ2) is 10.1. The maximum absolute atomic E-state index is 12.8. The molecule has 3 rings (SSSR count). The molecule has 2 aromatic rings. The molecule has 0 bridgehead atoms. The molecule has 1 amide bonds. The van der Waals surface area contributed by atoms with Crippen molar-refractivity contribution in [3.63, 3.8) is 0 Å². The van der Waals surface area contributed by atoms with Gasteiger partial charge in [0.2, 0.25) is 10.0 Å². The quantitative estimate of drug-likeness (QED) is 0.453. The van der Waals surface area contributed by atoms with Crippen LogP contribution in [0.3, 0.4) is 0 Å². The first-order valence-corrected chi connectivity index (χ1v) is 11.9. The van der Waals surface area contributed by atoms with Gasteiger partial charge in [0.15, 0.2) is 0 Å². The van der Waals surface area contributed by atoms with E-state index in [4.69, 9.17) is 11.6 Å². The molecule has 164 valence electrons. The van der Waals surface area contributed by atoms with E-state index < -0.39 is 15.9 Å². The summed E-state index contributed by atoms with van der Waals surface area (Å²) in [4.78, 5) is 16.9. The Balaban J connectivity index is 1.79. The molecule has 0 aliphatic heterocycles. The summed E-state index contributed by atoms with van der Waals surface area (Å²) >= 11 is 5.94. The van der Waals surface area contributed by atoms with Crippen LogP contribution in [0.4, 0.5) is 5.69 Å². The standard InChI is InChI=1S/C22H24ClN3O4S/c1-2-19-20(25-31(29,30)15-17-9-6-10-18(23)13-17)11-12-24-21(19)22(27)26(28)14-16-7-4-3-5-8-16/h3-7,9-13,16,28H,2,8,14-15H2,1H3,(H,24,25). The molecule has 0 fully saturated rings. The highest BCUT2D eigenvalue weighted by atomic mass is 35.5. The molecule has 0 saturated heterocycles. The van der Waals surface area contributed by atoms with Gasteiger partial charge in [-0.05, 0) is 36.6 Å². The minimum atomic E-state index is -3.76. The molecule has 2 N–H and O–H groups in total. The zero-order valence-corrected chi connectivity index (χ0v) is 18.6. The van der Waals surface area contributed by atoms with E-state index >= 15 is 0 Å². The molecule has 1 unspecified atom stereocenters. The molecule has 7 nitrogen and oxygen atoms in total. The number of anilines is 1. The number of carbonyl (C=O) groups is 1. The van der Waals surface area contributed by atoms with E-state index in [1.165, 1.54) is 12.3 Å². The van der Waals surface area contributed by atoms with E-state index in [2.05, 4.69) is 9.71 Å². The Morgan fingerprint density at radius 2 is 2.13 bits per heavy atom. The third-order valence-electron chi connectivity index (χ3n) is 4.83. The largest absolute Gasteiger partial charge is 0.296 e. The van der Waals surface area contributed by atoms with E-state index in [1.54, 1.807) is 31.2 Å². The number of rotatable bonds is 8. The van der Waals surface area contributed by atoms with Gasteiger partial charge in [-0.25, -0.2) is 13.5 Å². The SMILES string of the molecule is CCc1c(NS(=O)(=O)Cc2cccc(Cl)c2)ccnc1C(=O)N(O)CC1C=CC=CC1. The summed E-state index contributed by atoms with van der Waals surface area (Å²) in [6, 6.07) is 8.11. The first kappa shape index (κ1) is 23.0. The van der Waals surface area contributed by atoms with Crippen molar-refractivity contribution in [1.82, 2.24) is 10.0 Å². The number of hydroxylamine groups is 2. The maximum atomic E-state index is 12.8. The summed E-state index contributed by atoms with van der Waals surface area (Å²) in [6.07, 6.45) is 10.1. The molecular formula is C22H24ClN3O4S. The number of allylic oxidation sites excluding steroid dienone is 3. The summed E-state index contributed by atoms with van der Waals surface area (Å²) in [5, 5.41) is 11.4. The molecular weight excluding hydrogens is 438 g/mol. The molecule has 1 aliphatic rings. The second-order valence-electron chi connectivity index (χ2n) is 7.23. The number of sulfonamides is 1. The number of pyridine rings is 1. The molecule has 0 saturated carbocycles. The smallest absolute Gasteiger partial charge is 0.286 e. The fourth-order valence-electron chi connectivity index (χ4n) is 3.37. The van der Waals surface area contributed by atoms with Crippen LogP contribution in [0.15, 0.2) is 60.8 Å². The number of hydrogen-bond donors (Lipinski definition) is 2. The Labute approximate surface area is 187 Å². The number of halogens is 1. The van der Waals surface area contributed by atoms with Crippen molar-refractivity contribution in [2.45, 2.75) is 25.5 Å². The molecule has 1 heterocycles. The molecule has 0 spiro atoms. The zero-order valence-electron chi connectivity index (χ0n) is 17.0. The molecule has 1 atom stereocenters. The van der Waals surface area contributed by atoms with Crippen LogP contribution in [0.25, 0.3) is 0 Å². The van der Waals surface area contributed by atoms with Crippen molar-refractivity contribution in [2.24, 2.45) is 5.92 Å². The van der Waals surface area contributed by atoms with E-state index in [9.17, 15) is 18.4 Å². The van der Waals surface area contributed by atoms with Gasteiger partial charge in [0.1, 0.15) is 5.69 Å². The highest BCUT2D eigenvalue weighted by molar-refractivity contribution is 7.91. The van der Waals surface area contributed by atoms with Crippen LogP contribution >= 0.6 is 11.6 Å². The summed E-state index contributed by atoms with van der Waals surface area (Å²) in [5.74, 6) is -0.935. The summed E-state index contributed by atoms with van der Waals surface area (Å²) in [5.41, 5.74) is 1.24. The highest BCUT2D eigenvalue weighted by Gasteiger charge is 2.24.